The Kier molecular flexibility index (Phi) is 4.38. The van der Waals surface area contributed by atoms with Gasteiger partial charge in [0.2, 0.25) is 11.8 Å². The van der Waals surface area contributed by atoms with Crippen molar-refractivity contribution in [2.24, 2.45) is 17.8 Å². The molecule has 0 radical (unpaired) electrons. The Morgan fingerprint density at radius 1 is 1.15 bits per heavy atom. The van der Waals surface area contributed by atoms with Crippen LogP contribution in [0.2, 0.25) is 0 Å². The predicted octanol–water partition coefficient (Wildman–Crippen LogP) is 0.962. The van der Waals surface area contributed by atoms with E-state index >= 15 is 0 Å². The number of carbonyl (C=O) groups is 3. The SMILES string of the molecule is C[C@@H]1C/C(=C\CC2CC(=O)NC(=O)C2)C(=O)[C@@H](C)[C@@H]1O. The Morgan fingerprint density at radius 3 is 2.35 bits per heavy atom. The summed E-state index contributed by atoms with van der Waals surface area (Å²) < 4.78 is 0. The van der Waals surface area contributed by atoms with Gasteiger partial charge >= 0.3 is 0 Å². The zero-order valence-electron chi connectivity index (χ0n) is 11.9. The first-order valence-corrected chi connectivity index (χ1v) is 7.12. The maximum atomic E-state index is 12.1. The molecule has 1 saturated carbocycles. The first-order chi connectivity index (χ1) is 9.38. The number of Topliss-reactive ketones (excluding diaryl/α,β-unsaturated/α-hetero) is 1. The fourth-order valence-electron chi connectivity index (χ4n) is 3.02. The average molecular weight is 279 g/mol. The second kappa shape index (κ2) is 5.87. The van der Waals surface area contributed by atoms with Crippen molar-refractivity contribution in [3.63, 3.8) is 0 Å². The van der Waals surface area contributed by atoms with Gasteiger partial charge in [0.1, 0.15) is 0 Å². The number of piperidine rings is 1. The summed E-state index contributed by atoms with van der Waals surface area (Å²) in [6.45, 7) is 3.67. The highest BCUT2D eigenvalue weighted by Crippen LogP contribution is 2.31. The largest absolute Gasteiger partial charge is 0.392 e. The molecular formula is C15H21NO4. The number of hydrogen-bond acceptors (Lipinski definition) is 4. The quantitative estimate of drug-likeness (QED) is 0.582. The first kappa shape index (κ1) is 14.9. The maximum absolute atomic E-state index is 12.1. The Balaban J connectivity index is 2.02. The molecule has 2 aliphatic rings. The van der Waals surface area contributed by atoms with Gasteiger partial charge in [0.05, 0.1) is 6.10 Å². The monoisotopic (exact) mass is 279 g/mol. The first-order valence-electron chi connectivity index (χ1n) is 7.12. The fraction of sp³-hybridized carbons (Fsp3) is 0.667. The van der Waals surface area contributed by atoms with Crippen LogP contribution in [0.5, 0.6) is 0 Å². The van der Waals surface area contributed by atoms with Crippen molar-refractivity contribution >= 4 is 17.6 Å². The normalized spacial score (nSPS) is 34.5. The van der Waals surface area contributed by atoms with Crippen molar-refractivity contribution in [3.8, 4) is 0 Å². The van der Waals surface area contributed by atoms with Crippen LogP contribution in [0.1, 0.15) is 39.5 Å². The summed E-state index contributed by atoms with van der Waals surface area (Å²) in [6.07, 6.45) is 3.07. The summed E-state index contributed by atoms with van der Waals surface area (Å²) in [5.41, 5.74) is 0.730. The van der Waals surface area contributed by atoms with Crippen LogP contribution >= 0.6 is 0 Å². The summed E-state index contributed by atoms with van der Waals surface area (Å²) in [4.78, 5) is 34.7. The molecule has 1 aliphatic heterocycles. The molecule has 2 rings (SSSR count). The molecule has 0 aromatic heterocycles. The number of allylic oxidation sites excluding steroid dienone is 2. The van der Waals surface area contributed by atoms with E-state index < -0.39 is 6.10 Å². The van der Waals surface area contributed by atoms with E-state index in [2.05, 4.69) is 5.32 Å². The topological polar surface area (TPSA) is 83.5 Å². The Labute approximate surface area is 118 Å². The second-order valence-electron chi connectivity index (χ2n) is 6.04. The van der Waals surface area contributed by atoms with Crippen LogP contribution in [0.3, 0.4) is 0 Å². The van der Waals surface area contributed by atoms with E-state index in [4.69, 9.17) is 0 Å². The third-order valence-corrected chi connectivity index (χ3v) is 4.29. The van der Waals surface area contributed by atoms with Gasteiger partial charge in [0.25, 0.3) is 0 Å². The van der Waals surface area contributed by atoms with E-state index in [1.165, 1.54) is 0 Å². The van der Waals surface area contributed by atoms with Crippen LogP contribution in [-0.2, 0) is 14.4 Å². The number of aliphatic hydroxyl groups is 1. The van der Waals surface area contributed by atoms with Gasteiger partial charge in [-0.1, -0.05) is 19.9 Å². The molecule has 2 fully saturated rings. The molecule has 5 nitrogen and oxygen atoms in total. The van der Waals surface area contributed by atoms with E-state index in [-0.39, 0.29) is 35.4 Å². The van der Waals surface area contributed by atoms with Crippen molar-refractivity contribution in [2.75, 3.05) is 0 Å². The van der Waals surface area contributed by atoms with E-state index in [1.54, 1.807) is 6.92 Å². The molecule has 1 aliphatic carbocycles. The molecule has 0 spiro atoms. The molecule has 3 atom stereocenters. The molecule has 1 heterocycles. The highest BCUT2D eigenvalue weighted by Gasteiger charge is 2.35. The van der Waals surface area contributed by atoms with Crippen molar-refractivity contribution in [1.29, 1.82) is 0 Å². The van der Waals surface area contributed by atoms with Crippen molar-refractivity contribution in [3.05, 3.63) is 11.6 Å². The van der Waals surface area contributed by atoms with Gasteiger partial charge in [-0.3, -0.25) is 19.7 Å². The molecule has 2 amide bonds. The van der Waals surface area contributed by atoms with Crippen molar-refractivity contribution < 1.29 is 19.5 Å². The lowest BCUT2D eigenvalue weighted by Gasteiger charge is -2.31. The smallest absolute Gasteiger partial charge is 0.226 e. The lowest BCUT2D eigenvalue weighted by Crippen LogP contribution is -2.39. The fourth-order valence-corrected chi connectivity index (χ4v) is 3.02. The predicted molar refractivity (Wildman–Crippen MR) is 72.5 cm³/mol. The number of rotatable bonds is 2. The molecule has 110 valence electrons. The van der Waals surface area contributed by atoms with Gasteiger partial charge in [-0.25, -0.2) is 0 Å². The van der Waals surface area contributed by atoms with Crippen molar-refractivity contribution in [2.45, 2.75) is 45.6 Å². The Morgan fingerprint density at radius 2 is 1.75 bits per heavy atom. The van der Waals surface area contributed by atoms with Crippen LogP contribution < -0.4 is 5.32 Å². The van der Waals surface area contributed by atoms with Gasteiger partial charge in [0, 0.05) is 18.8 Å². The van der Waals surface area contributed by atoms with E-state index in [9.17, 15) is 19.5 Å². The Bertz CT molecular complexity index is 452. The minimum Gasteiger partial charge on any atom is -0.392 e. The molecule has 0 bridgehead atoms. The van der Waals surface area contributed by atoms with Crippen LogP contribution in [0.15, 0.2) is 11.6 Å². The Hall–Kier alpha value is -1.49. The molecule has 0 unspecified atom stereocenters. The zero-order valence-corrected chi connectivity index (χ0v) is 11.9. The van der Waals surface area contributed by atoms with Gasteiger partial charge in [-0.2, -0.15) is 0 Å². The lowest BCUT2D eigenvalue weighted by atomic mass is 9.76. The van der Waals surface area contributed by atoms with E-state index in [0.717, 1.165) is 5.57 Å². The standard InChI is InChI=1S/C15H21NO4/c1-8-5-11(15(20)9(2)14(8)19)4-3-10-6-12(17)16-13(18)7-10/h4,8-10,14,19H,3,5-7H2,1-2H3,(H,16,17,18)/b11-4+/t8-,9+,14-/m1/s1. The number of nitrogens with one attached hydrogen (secondary N) is 1. The van der Waals surface area contributed by atoms with Gasteiger partial charge in [-0.15, -0.1) is 0 Å². The van der Waals surface area contributed by atoms with Crippen LogP contribution in [0.4, 0.5) is 0 Å². The molecule has 5 heteroatoms. The van der Waals surface area contributed by atoms with Crippen LogP contribution in [-0.4, -0.2) is 28.8 Å². The average Bonchev–Trinajstić information content (AvgIpc) is 2.38. The number of ketones is 1. The lowest BCUT2D eigenvalue weighted by molar-refractivity contribution is -0.134. The van der Waals surface area contributed by atoms with Gasteiger partial charge < -0.3 is 5.11 Å². The zero-order chi connectivity index (χ0) is 14.9. The van der Waals surface area contributed by atoms with Gasteiger partial charge in [-0.05, 0) is 30.3 Å². The molecular weight excluding hydrogens is 258 g/mol. The third kappa shape index (κ3) is 3.15. The second-order valence-corrected chi connectivity index (χ2v) is 6.04. The number of hydrogen-bond donors (Lipinski definition) is 2. The number of imide groups is 1. The number of aliphatic hydroxyl groups excluding tert-OH is 1. The highest BCUT2D eigenvalue weighted by molar-refractivity contribution is 5.99. The van der Waals surface area contributed by atoms with Crippen LogP contribution in [0, 0.1) is 17.8 Å². The van der Waals surface area contributed by atoms with Gasteiger partial charge in [0.15, 0.2) is 5.78 Å². The molecule has 1 saturated heterocycles. The summed E-state index contributed by atoms with van der Waals surface area (Å²) in [6, 6.07) is 0. The molecule has 0 aromatic rings. The summed E-state index contributed by atoms with van der Waals surface area (Å²) in [7, 11) is 0. The van der Waals surface area contributed by atoms with Crippen molar-refractivity contribution in [1.82, 2.24) is 5.32 Å². The third-order valence-electron chi connectivity index (χ3n) is 4.29. The van der Waals surface area contributed by atoms with E-state index in [0.29, 0.717) is 25.7 Å². The number of amides is 2. The van der Waals surface area contributed by atoms with Crippen LogP contribution in [0.25, 0.3) is 0 Å². The summed E-state index contributed by atoms with van der Waals surface area (Å²) in [5, 5.41) is 12.2. The molecule has 20 heavy (non-hydrogen) atoms. The summed E-state index contributed by atoms with van der Waals surface area (Å²) >= 11 is 0. The maximum Gasteiger partial charge on any atom is 0.226 e. The highest BCUT2D eigenvalue weighted by atomic mass is 16.3. The summed E-state index contributed by atoms with van der Waals surface area (Å²) in [5.74, 6) is -0.823. The van der Waals surface area contributed by atoms with E-state index in [1.807, 2.05) is 13.0 Å². The minimum absolute atomic E-state index is 0.0119. The number of carbonyl (C=O) groups excluding carboxylic acids is 3. The molecule has 2 N–H and O–H groups in total. The minimum atomic E-state index is -0.582. The molecule has 0 aromatic carbocycles.